The molecule has 1 atom stereocenters. The van der Waals surface area contributed by atoms with Crippen LogP contribution in [-0.4, -0.2) is 12.0 Å². The van der Waals surface area contributed by atoms with Crippen LogP contribution in [0.25, 0.3) is 0 Å². The third-order valence-corrected chi connectivity index (χ3v) is 4.55. The Labute approximate surface area is 151 Å². The molecule has 3 nitrogen and oxygen atoms in total. The van der Waals surface area contributed by atoms with Gasteiger partial charge in [0.05, 0.1) is 0 Å². The highest BCUT2D eigenvalue weighted by Gasteiger charge is 2.17. The zero-order chi connectivity index (χ0) is 17.1. The fraction of sp³-hybridized carbons (Fsp3) is 0.316. The summed E-state index contributed by atoms with van der Waals surface area (Å²) in [6, 6.07) is 10.0. The number of halogens is 1. The second kappa shape index (κ2) is 7.34. The fourth-order valence-corrected chi connectivity index (χ4v) is 3.02. The molecule has 0 spiro atoms. The lowest BCUT2D eigenvalue weighted by atomic mass is 10.1. The van der Waals surface area contributed by atoms with E-state index in [0.717, 1.165) is 31.7 Å². The molecular weight excluding hydrogens is 401 g/mol. The normalized spacial score (nSPS) is 11.9. The minimum atomic E-state index is -0.562. The molecule has 4 heteroatoms. The minimum absolute atomic E-state index is 0.145. The predicted octanol–water partition coefficient (Wildman–Crippen LogP) is 4.93. The molecule has 0 saturated heterocycles. The maximum atomic E-state index is 12.4. The maximum absolute atomic E-state index is 12.4. The third-order valence-electron chi connectivity index (χ3n) is 3.88. The van der Waals surface area contributed by atoms with E-state index in [9.17, 15) is 4.79 Å². The van der Waals surface area contributed by atoms with E-state index < -0.39 is 6.10 Å². The van der Waals surface area contributed by atoms with E-state index >= 15 is 0 Å². The number of hydrogen-bond acceptors (Lipinski definition) is 2. The Balaban J connectivity index is 2.11. The van der Waals surface area contributed by atoms with E-state index in [-0.39, 0.29) is 5.91 Å². The number of anilines is 1. The first-order chi connectivity index (χ1) is 10.8. The van der Waals surface area contributed by atoms with Crippen molar-refractivity contribution in [3.8, 4) is 5.75 Å². The second-order valence-corrected chi connectivity index (χ2v) is 7.16. The lowest BCUT2D eigenvalue weighted by Crippen LogP contribution is -2.30. The van der Waals surface area contributed by atoms with Crippen molar-refractivity contribution >= 4 is 34.2 Å². The molecule has 0 heterocycles. The van der Waals surface area contributed by atoms with E-state index in [1.807, 2.05) is 45.0 Å². The molecule has 122 valence electrons. The van der Waals surface area contributed by atoms with Crippen LogP contribution in [0.5, 0.6) is 5.75 Å². The van der Waals surface area contributed by atoms with Crippen LogP contribution in [0.3, 0.4) is 0 Å². The summed E-state index contributed by atoms with van der Waals surface area (Å²) in [7, 11) is 0. The van der Waals surface area contributed by atoms with E-state index in [1.165, 1.54) is 5.56 Å². The van der Waals surface area contributed by atoms with Gasteiger partial charge < -0.3 is 10.1 Å². The summed E-state index contributed by atoms with van der Waals surface area (Å²) in [6.45, 7) is 9.84. The summed E-state index contributed by atoms with van der Waals surface area (Å²) in [6.07, 6.45) is -0.562. The summed E-state index contributed by atoms with van der Waals surface area (Å²) >= 11 is 2.26. The van der Waals surface area contributed by atoms with Crippen molar-refractivity contribution in [3.63, 3.8) is 0 Å². The van der Waals surface area contributed by atoms with Crippen molar-refractivity contribution in [2.75, 3.05) is 5.32 Å². The Kier molecular flexibility index (Phi) is 5.68. The third kappa shape index (κ3) is 4.47. The molecule has 1 amide bonds. The van der Waals surface area contributed by atoms with Gasteiger partial charge in [0.25, 0.3) is 5.91 Å². The van der Waals surface area contributed by atoms with Crippen molar-refractivity contribution < 1.29 is 9.53 Å². The van der Waals surface area contributed by atoms with E-state index in [4.69, 9.17) is 4.74 Å². The number of nitrogens with one attached hydrogen (secondary N) is 1. The van der Waals surface area contributed by atoms with Crippen LogP contribution in [-0.2, 0) is 4.79 Å². The average molecular weight is 423 g/mol. The Morgan fingerprint density at radius 2 is 1.78 bits per heavy atom. The monoisotopic (exact) mass is 423 g/mol. The van der Waals surface area contributed by atoms with Gasteiger partial charge >= 0.3 is 0 Å². The van der Waals surface area contributed by atoms with Gasteiger partial charge in [-0.25, -0.2) is 0 Å². The van der Waals surface area contributed by atoms with E-state index in [2.05, 4.69) is 40.9 Å². The van der Waals surface area contributed by atoms with Crippen molar-refractivity contribution in [2.24, 2.45) is 0 Å². The highest BCUT2D eigenvalue weighted by Crippen LogP contribution is 2.25. The number of ether oxygens (including phenoxy) is 1. The molecule has 0 unspecified atom stereocenters. The molecule has 1 N–H and O–H groups in total. The summed E-state index contributed by atoms with van der Waals surface area (Å²) in [4.78, 5) is 12.4. The molecule has 2 rings (SSSR count). The molecule has 0 aliphatic heterocycles. The molecule has 2 aromatic carbocycles. The van der Waals surface area contributed by atoms with Gasteiger partial charge in [-0.3, -0.25) is 4.79 Å². The zero-order valence-electron chi connectivity index (χ0n) is 14.2. The SMILES string of the molecule is Cc1cc(C)c(C)c(O[C@H](C)C(=O)Nc2ccc(I)cc2C)c1. The molecule has 23 heavy (non-hydrogen) atoms. The van der Waals surface area contributed by atoms with Gasteiger partial charge in [0.1, 0.15) is 5.75 Å². The summed E-state index contributed by atoms with van der Waals surface area (Å²) in [5.74, 6) is 0.623. The summed E-state index contributed by atoms with van der Waals surface area (Å²) in [5, 5.41) is 2.94. The van der Waals surface area contributed by atoms with Crippen molar-refractivity contribution in [3.05, 3.63) is 56.2 Å². The largest absolute Gasteiger partial charge is 0.481 e. The second-order valence-electron chi connectivity index (χ2n) is 5.91. The molecule has 0 saturated carbocycles. The highest BCUT2D eigenvalue weighted by atomic mass is 127. The predicted molar refractivity (Wildman–Crippen MR) is 103 cm³/mol. The highest BCUT2D eigenvalue weighted by molar-refractivity contribution is 14.1. The first kappa shape index (κ1) is 17.8. The van der Waals surface area contributed by atoms with Crippen LogP contribution in [0, 0.1) is 31.3 Å². The number of carbonyl (C=O) groups is 1. The average Bonchev–Trinajstić information content (AvgIpc) is 2.47. The number of rotatable bonds is 4. The number of hydrogen-bond donors (Lipinski definition) is 1. The van der Waals surface area contributed by atoms with Crippen molar-refractivity contribution in [2.45, 2.75) is 40.7 Å². The van der Waals surface area contributed by atoms with Gasteiger partial charge in [0.15, 0.2) is 6.10 Å². The van der Waals surface area contributed by atoms with E-state index in [0.29, 0.717) is 0 Å². The Hall–Kier alpha value is -1.56. The van der Waals surface area contributed by atoms with Crippen LogP contribution in [0.15, 0.2) is 30.3 Å². The van der Waals surface area contributed by atoms with Gasteiger partial charge in [-0.15, -0.1) is 0 Å². The fourth-order valence-electron chi connectivity index (χ4n) is 2.37. The lowest BCUT2D eigenvalue weighted by Gasteiger charge is -2.18. The zero-order valence-corrected chi connectivity index (χ0v) is 16.3. The Morgan fingerprint density at radius 1 is 1.09 bits per heavy atom. The van der Waals surface area contributed by atoms with Gasteiger partial charge in [-0.05, 0) is 104 Å². The van der Waals surface area contributed by atoms with E-state index in [1.54, 1.807) is 6.92 Å². The topological polar surface area (TPSA) is 38.3 Å². The molecule has 2 aromatic rings. The molecule has 0 aliphatic carbocycles. The number of aryl methyl sites for hydroxylation is 3. The van der Waals surface area contributed by atoms with Crippen LogP contribution in [0.2, 0.25) is 0 Å². The van der Waals surface area contributed by atoms with Crippen LogP contribution in [0.4, 0.5) is 5.69 Å². The standard InChI is InChI=1S/C19H22INO2/c1-11-8-12(2)14(4)18(9-11)23-15(5)19(22)21-17-7-6-16(20)10-13(17)3/h6-10,15H,1-5H3,(H,21,22)/t15-/m1/s1. The smallest absolute Gasteiger partial charge is 0.265 e. The number of benzene rings is 2. The summed E-state index contributed by atoms with van der Waals surface area (Å²) < 4.78 is 7.04. The van der Waals surface area contributed by atoms with Gasteiger partial charge in [0.2, 0.25) is 0 Å². The maximum Gasteiger partial charge on any atom is 0.265 e. The molecular formula is C19H22INO2. The van der Waals surface area contributed by atoms with Gasteiger partial charge in [0, 0.05) is 9.26 Å². The number of carbonyl (C=O) groups excluding carboxylic acids is 1. The first-order valence-corrected chi connectivity index (χ1v) is 8.67. The Morgan fingerprint density at radius 3 is 2.43 bits per heavy atom. The minimum Gasteiger partial charge on any atom is -0.481 e. The summed E-state index contributed by atoms with van der Waals surface area (Å²) in [5.41, 5.74) is 5.23. The van der Waals surface area contributed by atoms with Crippen molar-refractivity contribution in [1.29, 1.82) is 0 Å². The molecule has 0 bridgehead atoms. The lowest BCUT2D eigenvalue weighted by molar-refractivity contribution is -0.122. The van der Waals surface area contributed by atoms with Crippen LogP contribution >= 0.6 is 22.6 Å². The molecule has 0 aromatic heterocycles. The van der Waals surface area contributed by atoms with Crippen LogP contribution < -0.4 is 10.1 Å². The first-order valence-electron chi connectivity index (χ1n) is 7.59. The Bertz CT molecular complexity index is 740. The molecule has 0 radical (unpaired) electrons. The molecule has 0 aliphatic rings. The molecule has 0 fully saturated rings. The van der Waals surface area contributed by atoms with Gasteiger partial charge in [-0.2, -0.15) is 0 Å². The quantitative estimate of drug-likeness (QED) is 0.709. The van der Waals surface area contributed by atoms with Gasteiger partial charge in [-0.1, -0.05) is 6.07 Å². The van der Waals surface area contributed by atoms with Crippen LogP contribution in [0.1, 0.15) is 29.2 Å². The van der Waals surface area contributed by atoms with Crippen molar-refractivity contribution in [1.82, 2.24) is 0 Å². The number of amides is 1.